The molecule has 0 bridgehead atoms. The van der Waals surface area contributed by atoms with Crippen LogP contribution in [-0.4, -0.2) is 47.4 Å². The molecule has 1 aliphatic heterocycles. The Morgan fingerprint density at radius 3 is 2.26 bits per heavy atom. The zero-order valence-electron chi connectivity index (χ0n) is 15.7. The van der Waals surface area contributed by atoms with Crippen LogP contribution in [0.4, 0.5) is 5.69 Å². The third-order valence-electron chi connectivity index (χ3n) is 6.13. The van der Waals surface area contributed by atoms with Crippen molar-refractivity contribution in [2.24, 2.45) is 11.8 Å². The first-order valence-electron chi connectivity index (χ1n) is 10.1. The summed E-state index contributed by atoms with van der Waals surface area (Å²) in [6.45, 7) is 6.58. The Kier molecular flexibility index (Phi) is 6.26. The van der Waals surface area contributed by atoms with E-state index in [9.17, 15) is 0 Å². The van der Waals surface area contributed by atoms with Crippen LogP contribution in [0.25, 0.3) is 0 Å². The Balaban J connectivity index is 1.21. The van der Waals surface area contributed by atoms with E-state index in [2.05, 4.69) is 31.8 Å². The molecule has 0 radical (unpaired) electrons. The minimum Gasteiger partial charge on any atom is -0.368 e. The van der Waals surface area contributed by atoms with Gasteiger partial charge in [-0.2, -0.15) is 5.10 Å². The van der Waals surface area contributed by atoms with Crippen molar-refractivity contribution in [3.8, 4) is 0 Å². The molecule has 1 saturated heterocycles. The molecule has 2 fully saturated rings. The summed E-state index contributed by atoms with van der Waals surface area (Å²) in [5, 5.41) is 5.68. The summed E-state index contributed by atoms with van der Waals surface area (Å²) >= 11 is 12.6. The number of halogens is 2. The average molecular weight is 407 g/mol. The second kappa shape index (κ2) is 8.85. The molecular weight excluding hydrogens is 379 g/mol. The molecule has 2 aromatic rings. The van der Waals surface area contributed by atoms with Crippen molar-refractivity contribution in [1.82, 2.24) is 14.7 Å². The van der Waals surface area contributed by atoms with Crippen LogP contribution in [-0.2, 0) is 6.54 Å². The lowest BCUT2D eigenvalue weighted by atomic mass is 9.81. The lowest BCUT2D eigenvalue weighted by Crippen LogP contribution is -2.48. The summed E-state index contributed by atoms with van der Waals surface area (Å²) in [5.41, 5.74) is 1.07. The monoisotopic (exact) mass is 406 g/mol. The maximum absolute atomic E-state index is 6.39. The van der Waals surface area contributed by atoms with Gasteiger partial charge in [-0.3, -0.25) is 9.58 Å². The van der Waals surface area contributed by atoms with Crippen LogP contribution in [0.2, 0.25) is 10.0 Å². The molecule has 1 aliphatic carbocycles. The molecule has 146 valence electrons. The van der Waals surface area contributed by atoms with Gasteiger partial charge in [0.15, 0.2) is 0 Å². The van der Waals surface area contributed by atoms with Gasteiger partial charge < -0.3 is 4.90 Å². The molecular formula is C21H28Cl2N4. The van der Waals surface area contributed by atoms with Gasteiger partial charge in [-0.15, -0.1) is 0 Å². The molecule has 27 heavy (non-hydrogen) atoms. The molecule has 2 aliphatic rings. The molecule has 1 aromatic heterocycles. The van der Waals surface area contributed by atoms with Crippen LogP contribution in [0.5, 0.6) is 0 Å². The summed E-state index contributed by atoms with van der Waals surface area (Å²) in [5.74, 6) is 1.64. The van der Waals surface area contributed by atoms with E-state index >= 15 is 0 Å². The van der Waals surface area contributed by atoms with E-state index in [1.807, 2.05) is 24.4 Å². The highest BCUT2D eigenvalue weighted by Crippen LogP contribution is 2.34. The highest BCUT2D eigenvalue weighted by Gasteiger charge is 2.26. The Morgan fingerprint density at radius 2 is 1.59 bits per heavy atom. The number of anilines is 1. The molecule has 4 rings (SSSR count). The van der Waals surface area contributed by atoms with E-state index in [0.29, 0.717) is 10.0 Å². The van der Waals surface area contributed by atoms with Crippen molar-refractivity contribution in [1.29, 1.82) is 0 Å². The van der Waals surface area contributed by atoms with Gasteiger partial charge in [-0.25, -0.2) is 0 Å². The summed E-state index contributed by atoms with van der Waals surface area (Å²) < 4.78 is 2.09. The highest BCUT2D eigenvalue weighted by molar-refractivity contribution is 6.43. The van der Waals surface area contributed by atoms with E-state index < -0.39 is 0 Å². The molecule has 0 N–H and O–H groups in total. The number of hydrogen-bond acceptors (Lipinski definition) is 3. The topological polar surface area (TPSA) is 24.3 Å². The first-order valence-corrected chi connectivity index (χ1v) is 10.8. The standard InChI is InChI=1S/C21H28Cl2N4/c22-19-3-1-4-20(21(19)23)26-13-11-25(12-14-26)15-17-5-7-18(8-6-17)16-27-10-2-9-24-27/h1-4,9-10,17-18H,5-8,11-16H2. The minimum absolute atomic E-state index is 0.642. The van der Waals surface area contributed by atoms with Crippen molar-refractivity contribution < 1.29 is 0 Å². The normalized spacial score (nSPS) is 24.3. The molecule has 2 heterocycles. The summed E-state index contributed by atoms with van der Waals surface area (Å²) in [7, 11) is 0. The van der Waals surface area contributed by atoms with Crippen LogP contribution in [0, 0.1) is 11.8 Å². The predicted octanol–water partition coefficient (Wildman–Crippen LogP) is 4.82. The molecule has 0 atom stereocenters. The lowest BCUT2D eigenvalue weighted by Gasteiger charge is -2.39. The van der Waals surface area contributed by atoms with Gasteiger partial charge in [0, 0.05) is 51.7 Å². The Morgan fingerprint density at radius 1 is 0.889 bits per heavy atom. The Bertz CT molecular complexity index is 718. The van der Waals surface area contributed by atoms with Crippen LogP contribution >= 0.6 is 23.2 Å². The minimum atomic E-state index is 0.642. The SMILES string of the molecule is Clc1cccc(N2CCN(CC3CCC(Cn4cccn4)CC3)CC2)c1Cl. The van der Waals surface area contributed by atoms with Crippen molar-refractivity contribution in [2.45, 2.75) is 32.2 Å². The second-order valence-corrected chi connectivity index (χ2v) is 8.76. The maximum atomic E-state index is 6.39. The summed E-state index contributed by atoms with van der Waals surface area (Å²) in [6.07, 6.45) is 9.34. The molecule has 1 aromatic carbocycles. The zero-order valence-corrected chi connectivity index (χ0v) is 17.2. The van der Waals surface area contributed by atoms with E-state index in [0.717, 1.165) is 50.2 Å². The predicted molar refractivity (Wildman–Crippen MR) is 113 cm³/mol. The van der Waals surface area contributed by atoms with E-state index in [4.69, 9.17) is 23.2 Å². The third kappa shape index (κ3) is 4.79. The fraction of sp³-hybridized carbons (Fsp3) is 0.571. The van der Waals surface area contributed by atoms with Crippen LogP contribution < -0.4 is 4.90 Å². The lowest BCUT2D eigenvalue weighted by molar-refractivity contribution is 0.166. The van der Waals surface area contributed by atoms with E-state index in [1.165, 1.54) is 32.2 Å². The van der Waals surface area contributed by atoms with Gasteiger partial charge in [0.25, 0.3) is 0 Å². The number of aromatic nitrogens is 2. The highest BCUT2D eigenvalue weighted by atomic mass is 35.5. The zero-order chi connectivity index (χ0) is 18.6. The first-order chi connectivity index (χ1) is 13.2. The third-order valence-corrected chi connectivity index (χ3v) is 6.94. The molecule has 4 nitrogen and oxygen atoms in total. The van der Waals surface area contributed by atoms with Gasteiger partial charge in [-0.1, -0.05) is 29.3 Å². The number of nitrogens with zero attached hydrogens (tertiary/aromatic N) is 4. The Hall–Kier alpha value is -1.23. The van der Waals surface area contributed by atoms with Crippen LogP contribution in [0.1, 0.15) is 25.7 Å². The average Bonchev–Trinajstić information content (AvgIpc) is 3.19. The van der Waals surface area contributed by atoms with Gasteiger partial charge in [0.1, 0.15) is 0 Å². The smallest absolute Gasteiger partial charge is 0.0825 e. The first kappa shape index (κ1) is 19.1. The van der Waals surface area contributed by atoms with Crippen molar-refractivity contribution in [2.75, 3.05) is 37.6 Å². The molecule has 0 spiro atoms. The fourth-order valence-electron chi connectivity index (χ4n) is 4.54. The number of benzene rings is 1. The molecule has 6 heteroatoms. The van der Waals surface area contributed by atoms with E-state index in [-0.39, 0.29) is 0 Å². The maximum Gasteiger partial charge on any atom is 0.0825 e. The van der Waals surface area contributed by atoms with Gasteiger partial charge in [0.2, 0.25) is 0 Å². The number of hydrogen-bond donors (Lipinski definition) is 0. The van der Waals surface area contributed by atoms with Gasteiger partial charge >= 0.3 is 0 Å². The van der Waals surface area contributed by atoms with Crippen molar-refractivity contribution in [3.05, 3.63) is 46.7 Å². The van der Waals surface area contributed by atoms with Gasteiger partial charge in [-0.05, 0) is 55.7 Å². The molecule has 0 amide bonds. The van der Waals surface area contributed by atoms with Crippen LogP contribution in [0.3, 0.4) is 0 Å². The summed E-state index contributed by atoms with van der Waals surface area (Å²) in [4.78, 5) is 5.00. The quantitative estimate of drug-likeness (QED) is 0.711. The number of rotatable bonds is 5. The van der Waals surface area contributed by atoms with Crippen molar-refractivity contribution in [3.63, 3.8) is 0 Å². The Labute approximate surface area is 172 Å². The van der Waals surface area contributed by atoms with E-state index in [1.54, 1.807) is 0 Å². The largest absolute Gasteiger partial charge is 0.368 e. The fourth-order valence-corrected chi connectivity index (χ4v) is 4.96. The van der Waals surface area contributed by atoms with Crippen molar-refractivity contribution >= 4 is 28.9 Å². The van der Waals surface area contributed by atoms with Crippen LogP contribution in [0.15, 0.2) is 36.7 Å². The molecule has 0 unspecified atom stereocenters. The summed E-state index contributed by atoms with van der Waals surface area (Å²) in [6, 6.07) is 7.93. The molecule has 1 saturated carbocycles. The second-order valence-electron chi connectivity index (χ2n) is 7.98. The van der Waals surface area contributed by atoms with Gasteiger partial charge in [0.05, 0.1) is 15.7 Å². The number of piperazine rings is 1.